The van der Waals surface area contributed by atoms with Gasteiger partial charge in [0.05, 0.1) is 18.8 Å². The Morgan fingerprint density at radius 1 is 1.22 bits per heavy atom. The average Bonchev–Trinajstić information content (AvgIpc) is 3.12. The molecular formula is C20H30O3. The van der Waals surface area contributed by atoms with Gasteiger partial charge in [-0.15, -0.1) is 0 Å². The topological polar surface area (TPSA) is 38.8 Å². The van der Waals surface area contributed by atoms with Crippen LogP contribution in [0.4, 0.5) is 0 Å². The summed E-state index contributed by atoms with van der Waals surface area (Å²) in [6.45, 7) is 8.92. The molecule has 23 heavy (non-hydrogen) atoms. The van der Waals surface area contributed by atoms with E-state index in [0.29, 0.717) is 23.4 Å². The number of hydrogen-bond donors (Lipinski definition) is 0. The highest BCUT2D eigenvalue weighted by Crippen LogP contribution is 2.66. The third-order valence-corrected chi connectivity index (χ3v) is 7.55. The van der Waals surface area contributed by atoms with Crippen LogP contribution in [0.15, 0.2) is 11.6 Å². The Hall–Kier alpha value is -0.830. The second-order valence-corrected chi connectivity index (χ2v) is 9.20. The molecule has 3 heteroatoms. The van der Waals surface area contributed by atoms with Crippen LogP contribution in [-0.2, 0) is 14.3 Å². The first-order valence-corrected chi connectivity index (χ1v) is 9.38. The van der Waals surface area contributed by atoms with Crippen LogP contribution in [0.5, 0.6) is 0 Å². The first kappa shape index (κ1) is 15.7. The second-order valence-electron chi connectivity index (χ2n) is 9.20. The summed E-state index contributed by atoms with van der Waals surface area (Å²) in [5.41, 5.74) is 1.77. The third-order valence-electron chi connectivity index (χ3n) is 7.55. The molecule has 128 valence electrons. The molecule has 4 rings (SSSR count). The van der Waals surface area contributed by atoms with Crippen LogP contribution in [0, 0.1) is 22.7 Å². The fourth-order valence-corrected chi connectivity index (χ4v) is 6.28. The van der Waals surface area contributed by atoms with Crippen LogP contribution in [-0.4, -0.2) is 24.8 Å². The number of ether oxygens (including phenoxy) is 2. The minimum Gasteiger partial charge on any atom is -0.462 e. The molecule has 0 amide bonds. The number of allylic oxidation sites excluding steroid dienone is 1. The first-order valence-electron chi connectivity index (χ1n) is 9.38. The summed E-state index contributed by atoms with van der Waals surface area (Å²) in [5.74, 6) is 1.23. The predicted octanol–water partition coefficient (Wildman–Crippen LogP) is 4.26. The van der Waals surface area contributed by atoms with Gasteiger partial charge in [-0.1, -0.05) is 33.3 Å². The van der Waals surface area contributed by atoms with E-state index in [9.17, 15) is 4.79 Å². The van der Waals surface area contributed by atoms with E-state index in [1.807, 2.05) is 0 Å². The standard InChI is InChI=1S/C20H30O3/c1-18(2)9-4-10-19(3)15(18)7-11-20(13-23-20)16(19)6-5-14-8-12-22-17(14)21/h5,15-16H,4,6-13H2,1-3H3/t15-,16+,19-,20+/m0/s1. The van der Waals surface area contributed by atoms with Crippen molar-refractivity contribution in [1.82, 2.24) is 0 Å². The van der Waals surface area contributed by atoms with Crippen LogP contribution in [0.25, 0.3) is 0 Å². The highest BCUT2D eigenvalue weighted by molar-refractivity contribution is 5.90. The normalized spacial score (nSPS) is 46.7. The van der Waals surface area contributed by atoms with Crippen molar-refractivity contribution < 1.29 is 14.3 Å². The maximum absolute atomic E-state index is 11.8. The summed E-state index contributed by atoms with van der Waals surface area (Å²) >= 11 is 0. The summed E-state index contributed by atoms with van der Waals surface area (Å²) in [7, 11) is 0. The van der Waals surface area contributed by atoms with Crippen molar-refractivity contribution in [3.8, 4) is 0 Å². The zero-order valence-corrected chi connectivity index (χ0v) is 14.8. The Morgan fingerprint density at radius 2 is 2.00 bits per heavy atom. The molecule has 2 heterocycles. The van der Waals surface area contributed by atoms with Crippen LogP contribution in [0.2, 0.25) is 0 Å². The summed E-state index contributed by atoms with van der Waals surface area (Å²) < 4.78 is 11.1. The number of esters is 1. The second kappa shape index (κ2) is 5.08. The highest BCUT2D eigenvalue weighted by Gasteiger charge is 2.64. The number of hydrogen-bond acceptors (Lipinski definition) is 3. The Bertz CT molecular complexity index is 543. The average molecular weight is 318 g/mol. The molecule has 4 atom stereocenters. The van der Waals surface area contributed by atoms with Crippen LogP contribution < -0.4 is 0 Å². The molecule has 0 N–H and O–H groups in total. The Labute approximate surface area is 139 Å². The number of fused-ring (bicyclic) bond motifs is 1. The molecule has 0 bridgehead atoms. The van der Waals surface area contributed by atoms with Gasteiger partial charge in [0.25, 0.3) is 0 Å². The van der Waals surface area contributed by atoms with E-state index in [0.717, 1.165) is 30.9 Å². The summed E-state index contributed by atoms with van der Waals surface area (Å²) in [4.78, 5) is 11.8. The number of carbonyl (C=O) groups excluding carboxylic acids is 1. The van der Waals surface area contributed by atoms with Crippen molar-refractivity contribution in [2.75, 3.05) is 13.2 Å². The zero-order valence-electron chi connectivity index (χ0n) is 14.8. The molecule has 2 saturated carbocycles. The lowest BCUT2D eigenvalue weighted by atomic mass is 9.46. The summed E-state index contributed by atoms with van der Waals surface area (Å²) in [6.07, 6.45) is 10.4. The van der Waals surface area contributed by atoms with E-state index >= 15 is 0 Å². The van der Waals surface area contributed by atoms with E-state index in [1.54, 1.807) is 0 Å². The Balaban J connectivity index is 1.63. The Morgan fingerprint density at radius 3 is 2.65 bits per heavy atom. The van der Waals surface area contributed by atoms with E-state index in [4.69, 9.17) is 9.47 Å². The van der Waals surface area contributed by atoms with E-state index in [2.05, 4.69) is 26.8 Å². The molecule has 1 spiro atoms. The van der Waals surface area contributed by atoms with Gasteiger partial charge in [0.15, 0.2) is 0 Å². The van der Waals surface area contributed by atoms with E-state index in [-0.39, 0.29) is 11.6 Å². The fourth-order valence-electron chi connectivity index (χ4n) is 6.28. The Kier molecular flexibility index (Phi) is 3.46. The van der Waals surface area contributed by atoms with Gasteiger partial charge < -0.3 is 9.47 Å². The molecule has 0 aromatic rings. The molecule has 0 aromatic heterocycles. The molecule has 4 aliphatic rings. The van der Waals surface area contributed by atoms with Crippen molar-refractivity contribution in [1.29, 1.82) is 0 Å². The number of rotatable bonds is 2. The van der Waals surface area contributed by atoms with E-state index < -0.39 is 0 Å². The van der Waals surface area contributed by atoms with E-state index in [1.165, 1.54) is 32.1 Å². The number of epoxide rings is 1. The summed E-state index contributed by atoms with van der Waals surface area (Å²) in [5, 5.41) is 0. The van der Waals surface area contributed by atoms with Crippen LogP contribution in [0.3, 0.4) is 0 Å². The maximum Gasteiger partial charge on any atom is 0.333 e. The van der Waals surface area contributed by atoms with Crippen molar-refractivity contribution in [2.45, 2.75) is 71.3 Å². The van der Waals surface area contributed by atoms with Gasteiger partial charge in [0.2, 0.25) is 0 Å². The fraction of sp³-hybridized carbons (Fsp3) is 0.850. The molecule has 0 radical (unpaired) electrons. The van der Waals surface area contributed by atoms with Crippen molar-refractivity contribution >= 4 is 5.97 Å². The molecule has 2 saturated heterocycles. The number of carbonyl (C=O) groups is 1. The highest BCUT2D eigenvalue weighted by atomic mass is 16.6. The van der Waals surface area contributed by atoms with Crippen LogP contribution >= 0.6 is 0 Å². The van der Waals surface area contributed by atoms with Crippen molar-refractivity contribution in [2.24, 2.45) is 22.7 Å². The SMILES string of the molecule is CC1(C)CCC[C@@]2(C)[C@H]1CC[C@@]1(CO1)[C@@H]2CC=C1CCOC1=O. The largest absolute Gasteiger partial charge is 0.462 e. The molecular weight excluding hydrogens is 288 g/mol. The molecule has 4 fully saturated rings. The monoisotopic (exact) mass is 318 g/mol. The third kappa shape index (κ3) is 2.38. The first-order chi connectivity index (χ1) is 10.9. The quantitative estimate of drug-likeness (QED) is 0.434. The van der Waals surface area contributed by atoms with Crippen LogP contribution in [0.1, 0.15) is 65.7 Å². The van der Waals surface area contributed by atoms with Crippen molar-refractivity contribution in [3.05, 3.63) is 11.6 Å². The number of cyclic esters (lactones) is 1. The van der Waals surface area contributed by atoms with Crippen molar-refractivity contribution in [3.63, 3.8) is 0 Å². The smallest absolute Gasteiger partial charge is 0.333 e. The predicted molar refractivity (Wildman–Crippen MR) is 88.9 cm³/mol. The minimum atomic E-state index is -0.0998. The van der Waals surface area contributed by atoms with Gasteiger partial charge in [-0.3, -0.25) is 0 Å². The lowest BCUT2D eigenvalue weighted by Gasteiger charge is -2.59. The van der Waals surface area contributed by atoms with Gasteiger partial charge >= 0.3 is 5.97 Å². The lowest BCUT2D eigenvalue weighted by Crippen LogP contribution is -2.54. The van der Waals surface area contributed by atoms with Gasteiger partial charge in [0.1, 0.15) is 0 Å². The van der Waals surface area contributed by atoms with Gasteiger partial charge in [-0.2, -0.15) is 0 Å². The molecule has 0 unspecified atom stereocenters. The zero-order chi connectivity index (χ0) is 16.3. The van der Waals surface area contributed by atoms with Gasteiger partial charge in [-0.05, 0) is 54.8 Å². The lowest BCUT2D eigenvalue weighted by molar-refractivity contribution is -0.135. The molecule has 0 aromatic carbocycles. The minimum absolute atomic E-state index is 0.0998. The molecule has 2 aliphatic heterocycles. The molecule has 2 aliphatic carbocycles. The summed E-state index contributed by atoms with van der Waals surface area (Å²) in [6, 6.07) is 0. The van der Waals surface area contributed by atoms with Gasteiger partial charge in [-0.25, -0.2) is 4.79 Å². The van der Waals surface area contributed by atoms with Gasteiger partial charge in [0, 0.05) is 12.0 Å². The maximum atomic E-state index is 11.8. The molecule has 3 nitrogen and oxygen atoms in total.